The van der Waals surface area contributed by atoms with Crippen molar-refractivity contribution < 1.29 is 23.9 Å². The molecule has 0 bridgehead atoms. The zero-order chi connectivity index (χ0) is 20.1. The maximum atomic E-state index is 12.5. The molecule has 8 heteroatoms. The number of nitrogens with zero attached hydrogens (tertiary/aromatic N) is 1. The molecule has 0 spiro atoms. The molecule has 3 rings (SSSR count). The van der Waals surface area contributed by atoms with Gasteiger partial charge in [0.05, 0.1) is 14.2 Å². The highest BCUT2D eigenvalue weighted by atomic mass is 16.5. The van der Waals surface area contributed by atoms with Crippen LogP contribution in [0.15, 0.2) is 54.2 Å². The van der Waals surface area contributed by atoms with Crippen molar-refractivity contribution in [3.8, 4) is 11.5 Å². The van der Waals surface area contributed by atoms with E-state index >= 15 is 0 Å². The summed E-state index contributed by atoms with van der Waals surface area (Å²) in [5.74, 6) is 0.138. The molecule has 0 radical (unpaired) electrons. The summed E-state index contributed by atoms with van der Waals surface area (Å²) in [6.07, 6.45) is 1.51. The SMILES string of the molecule is COc1ccc(NC(=O)CN2C(=O)N/C(=C\c3ccccc3OC)C2=O)cc1. The number of para-hydroxylation sites is 1. The molecular formula is C20H19N3O5. The topological polar surface area (TPSA) is 97.0 Å². The Morgan fingerprint density at radius 2 is 1.79 bits per heavy atom. The Balaban J connectivity index is 1.69. The van der Waals surface area contributed by atoms with E-state index in [9.17, 15) is 14.4 Å². The van der Waals surface area contributed by atoms with E-state index in [1.165, 1.54) is 13.2 Å². The highest BCUT2D eigenvalue weighted by Gasteiger charge is 2.35. The molecule has 2 aromatic rings. The number of urea groups is 1. The van der Waals surface area contributed by atoms with Crippen LogP contribution in [0.1, 0.15) is 5.56 Å². The van der Waals surface area contributed by atoms with E-state index in [-0.39, 0.29) is 5.70 Å². The van der Waals surface area contributed by atoms with Crippen LogP contribution in [0.2, 0.25) is 0 Å². The van der Waals surface area contributed by atoms with E-state index in [2.05, 4.69) is 10.6 Å². The van der Waals surface area contributed by atoms with Gasteiger partial charge in [-0.25, -0.2) is 9.69 Å². The third kappa shape index (κ3) is 4.12. The lowest BCUT2D eigenvalue weighted by Crippen LogP contribution is -2.38. The lowest BCUT2D eigenvalue weighted by molar-refractivity contribution is -0.127. The van der Waals surface area contributed by atoms with Crippen molar-refractivity contribution in [3.05, 3.63) is 59.8 Å². The molecule has 144 valence electrons. The molecule has 0 aromatic heterocycles. The van der Waals surface area contributed by atoms with Crippen molar-refractivity contribution in [2.24, 2.45) is 0 Å². The molecule has 0 unspecified atom stereocenters. The summed E-state index contributed by atoms with van der Waals surface area (Å²) in [6.45, 7) is -0.403. The smallest absolute Gasteiger partial charge is 0.329 e. The fourth-order valence-electron chi connectivity index (χ4n) is 2.67. The van der Waals surface area contributed by atoms with Crippen LogP contribution in [-0.2, 0) is 9.59 Å². The first kappa shape index (κ1) is 19.0. The van der Waals surface area contributed by atoms with E-state index in [1.807, 2.05) is 0 Å². The van der Waals surface area contributed by atoms with Crippen LogP contribution in [-0.4, -0.2) is 43.5 Å². The molecule has 0 aliphatic carbocycles. The van der Waals surface area contributed by atoms with Crippen LogP contribution in [0.5, 0.6) is 11.5 Å². The van der Waals surface area contributed by atoms with Gasteiger partial charge in [0.15, 0.2) is 0 Å². The van der Waals surface area contributed by atoms with Crippen LogP contribution in [0.3, 0.4) is 0 Å². The molecule has 4 amide bonds. The molecule has 8 nitrogen and oxygen atoms in total. The minimum absolute atomic E-state index is 0.0757. The number of ether oxygens (including phenoxy) is 2. The average Bonchev–Trinajstić information content (AvgIpc) is 2.96. The molecular weight excluding hydrogens is 362 g/mol. The number of benzene rings is 2. The molecule has 28 heavy (non-hydrogen) atoms. The van der Waals surface area contributed by atoms with Gasteiger partial charge < -0.3 is 20.1 Å². The Labute approximate surface area is 161 Å². The number of amides is 4. The van der Waals surface area contributed by atoms with Gasteiger partial charge in [0.25, 0.3) is 5.91 Å². The summed E-state index contributed by atoms with van der Waals surface area (Å²) in [4.78, 5) is 37.7. The number of rotatable bonds is 6. The normalized spacial score (nSPS) is 14.8. The van der Waals surface area contributed by atoms with E-state index < -0.39 is 24.4 Å². The van der Waals surface area contributed by atoms with Crippen LogP contribution in [0.4, 0.5) is 10.5 Å². The van der Waals surface area contributed by atoms with Gasteiger partial charge in [0.1, 0.15) is 23.7 Å². The van der Waals surface area contributed by atoms with Crippen molar-refractivity contribution >= 4 is 29.6 Å². The van der Waals surface area contributed by atoms with Crippen molar-refractivity contribution in [1.82, 2.24) is 10.2 Å². The Hall–Kier alpha value is -3.81. The fraction of sp³-hybridized carbons (Fsp3) is 0.150. The Morgan fingerprint density at radius 3 is 2.46 bits per heavy atom. The summed E-state index contributed by atoms with van der Waals surface area (Å²) in [5.41, 5.74) is 1.24. The Kier molecular flexibility index (Phi) is 5.59. The van der Waals surface area contributed by atoms with E-state index in [0.29, 0.717) is 22.7 Å². The lowest BCUT2D eigenvalue weighted by atomic mass is 10.1. The van der Waals surface area contributed by atoms with E-state index in [4.69, 9.17) is 9.47 Å². The summed E-state index contributed by atoms with van der Waals surface area (Å²) in [7, 11) is 3.06. The summed E-state index contributed by atoms with van der Waals surface area (Å²) in [5, 5.41) is 5.12. The van der Waals surface area contributed by atoms with Crippen molar-refractivity contribution in [2.45, 2.75) is 0 Å². The van der Waals surface area contributed by atoms with Crippen molar-refractivity contribution in [1.29, 1.82) is 0 Å². The largest absolute Gasteiger partial charge is 0.497 e. The van der Waals surface area contributed by atoms with Crippen LogP contribution >= 0.6 is 0 Å². The van der Waals surface area contributed by atoms with Gasteiger partial charge in [-0.15, -0.1) is 0 Å². The molecule has 2 N–H and O–H groups in total. The van der Waals surface area contributed by atoms with Gasteiger partial charge in [0, 0.05) is 11.3 Å². The molecule has 0 saturated carbocycles. The number of hydrogen-bond donors (Lipinski definition) is 2. The molecule has 2 aromatic carbocycles. The molecule has 1 saturated heterocycles. The maximum absolute atomic E-state index is 12.5. The van der Waals surface area contributed by atoms with Crippen molar-refractivity contribution in [3.63, 3.8) is 0 Å². The summed E-state index contributed by atoms with van der Waals surface area (Å²) < 4.78 is 10.3. The summed E-state index contributed by atoms with van der Waals surface area (Å²) in [6, 6.07) is 13.1. The van der Waals surface area contributed by atoms with Crippen molar-refractivity contribution in [2.75, 3.05) is 26.1 Å². The number of anilines is 1. The third-order valence-corrected chi connectivity index (χ3v) is 4.08. The monoisotopic (exact) mass is 381 g/mol. The second-order valence-electron chi connectivity index (χ2n) is 5.90. The fourth-order valence-corrected chi connectivity index (χ4v) is 2.67. The standard InChI is InChI=1S/C20H19N3O5/c1-27-15-9-7-14(8-10-15)21-18(24)12-23-19(25)16(22-20(23)26)11-13-5-3-4-6-17(13)28-2/h3-11H,12H2,1-2H3,(H,21,24)(H,22,26)/b16-11-. The quantitative estimate of drug-likeness (QED) is 0.591. The Bertz CT molecular complexity index is 937. The van der Waals surface area contributed by atoms with E-state index in [1.54, 1.807) is 55.6 Å². The van der Waals surface area contributed by atoms with Gasteiger partial charge >= 0.3 is 6.03 Å². The first-order valence-corrected chi connectivity index (χ1v) is 8.43. The minimum atomic E-state index is -0.656. The zero-order valence-electron chi connectivity index (χ0n) is 15.4. The molecule has 1 aliphatic rings. The molecule has 1 aliphatic heterocycles. The van der Waals surface area contributed by atoms with Crippen LogP contribution in [0, 0.1) is 0 Å². The first-order chi connectivity index (χ1) is 13.5. The van der Waals surface area contributed by atoms with Gasteiger partial charge in [-0.1, -0.05) is 18.2 Å². The summed E-state index contributed by atoms with van der Waals surface area (Å²) >= 11 is 0. The van der Waals surface area contributed by atoms with Crippen LogP contribution in [0.25, 0.3) is 6.08 Å². The number of hydrogen-bond acceptors (Lipinski definition) is 5. The molecule has 0 atom stereocenters. The predicted octanol–water partition coefficient (Wildman–Crippen LogP) is 2.24. The highest BCUT2D eigenvalue weighted by molar-refractivity contribution is 6.16. The zero-order valence-corrected chi connectivity index (χ0v) is 15.4. The Morgan fingerprint density at radius 1 is 1.07 bits per heavy atom. The lowest BCUT2D eigenvalue weighted by Gasteiger charge is -2.12. The number of imide groups is 1. The minimum Gasteiger partial charge on any atom is -0.497 e. The number of nitrogens with one attached hydrogen (secondary N) is 2. The maximum Gasteiger partial charge on any atom is 0.329 e. The number of carbonyl (C=O) groups is 3. The number of carbonyl (C=O) groups excluding carboxylic acids is 3. The van der Waals surface area contributed by atoms with E-state index in [0.717, 1.165) is 4.90 Å². The number of methoxy groups -OCH3 is 2. The average molecular weight is 381 g/mol. The van der Waals surface area contributed by atoms with Gasteiger partial charge in [-0.2, -0.15) is 0 Å². The highest BCUT2D eigenvalue weighted by Crippen LogP contribution is 2.22. The van der Waals surface area contributed by atoms with Gasteiger partial charge in [0.2, 0.25) is 5.91 Å². The second kappa shape index (κ2) is 8.26. The van der Waals surface area contributed by atoms with Gasteiger partial charge in [-0.05, 0) is 36.4 Å². The third-order valence-electron chi connectivity index (χ3n) is 4.08. The molecule has 1 fully saturated rings. The molecule has 1 heterocycles. The second-order valence-corrected chi connectivity index (χ2v) is 5.90. The predicted molar refractivity (Wildman–Crippen MR) is 103 cm³/mol. The first-order valence-electron chi connectivity index (χ1n) is 8.43. The van der Waals surface area contributed by atoms with Gasteiger partial charge in [-0.3, -0.25) is 9.59 Å². The van der Waals surface area contributed by atoms with Crippen LogP contribution < -0.4 is 20.1 Å².